The van der Waals surface area contributed by atoms with Gasteiger partial charge in [-0.25, -0.2) is 14.8 Å². The predicted molar refractivity (Wildman–Crippen MR) is 67.1 cm³/mol. The van der Waals surface area contributed by atoms with Crippen LogP contribution in [0.2, 0.25) is 0 Å². The Morgan fingerprint density at radius 1 is 1.56 bits per heavy atom. The van der Waals surface area contributed by atoms with Gasteiger partial charge < -0.3 is 15.3 Å². The first-order valence-corrected chi connectivity index (χ1v) is 6.83. The van der Waals surface area contributed by atoms with Gasteiger partial charge in [0.25, 0.3) is 0 Å². The van der Waals surface area contributed by atoms with Gasteiger partial charge in [-0.15, -0.1) is 11.6 Å². The van der Waals surface area contributed by atoms with Crippen LogP contribution in [0.25, 0.3) is 0 Å². The van der Waals surface area contributed by atoms with Gasteiger partial charge in [0.2, 0.25) is 0 Å². The molecule has 0 aliphatic heterocycles. The highest BCUT2D eigenvalue weighted by atomic mass is 35.5. The third kappa shape index (κ3) is 3.55. The monoisotopic (exact) mass is 292 g/mol. The molecule has 0 bridgehead atoms. The fourth-order valence-electron chi connectivity index (χ4n) is 1.34. The number of halogens is 1. The average molecular weight is 293 g/mol. The van der Waals surface area contributed by atoms with E-state index >= 15 is 0 Å². The van der Waals surface area contributed by atoms with Gasteiger partial charge in [0.05, 0.1) is 6.10 Å². The fourth-order valence-corrected chi connectivity index (χ4v) is 1.90. The third-order valence-electron chi connectivity index (χ3n) is 2.27. The lowest BCUT2D eigenvalue weighted by molar-refractivity contribution is 0.0154. The van der Waals surface area contributed by atoms with E-state index < -0.39 is 18.2 Å². The number of hydrogen-bond donors (Lipinski definition) is 3. The van der Waals surface area contributed by atoms with Crippen molar-refractivity contribution in [3.05, 3.63) is 17.5 Å². The summed E-state index contributed by atoms with van der Waals surface area (Å²) in [7, 11) is 0. The normalized spacial score (nSPS) is 14.2. The van der Waals surface area contributed by atoms with Crippen LogP contribution in [0.4, 0.5) is 0 Å². The maximum absolute atomic E-state index is 11.1. The summed E-state index contributed by atoms with van der Waals surface area (Å²) in [5, 5.41) is 28.8. The fraction of sp³-hybridized carbons (Fsp3) is 0.500. The highest BCUT2D eigenvalue weighted by molar-refractivity contribution is 7.98. The largest absolute Gasteiger partial charge is 0.476 e. The second kappa shape index (κ2) is 6.89. The lowest BCUT2D eigenvalue weighted by Gasteiger charge is -2.18. The molecular weight excluding hydrogens is 280 g/mol. The summed E-state index contributed by atoms with van der Waals surface area (Å²) in [6.07, 6.45) is 0.547. The van der Waals surface area contributed by atoms with Crippen molar-refractivity contribution in [2.75, 3.05) is 12.1 Å². The Morgan fingerprint density at radius 2 is 2.22 bits per heavy atom. The number of aliphatic hydroxyl groups is 2. The molecule has 0 amide bonds. The van der Waals surface area contributed by atoms with Crippen LogP contribution in [0.15, 0.2) is 11.4 Å². The Bertz CT molecular complexity index is 432. The molecule has 8 heteroatoms. The summed E-state index contributed by atoms with van der Waals surface area (Å²) in [5.74, 6) is -1.12. The molecule has 2 unspecified atom stereocenters. The van der Waals surface area contributed by atoms with Crippen LogP contribution in [0.3, 0.4) is 0 Å². The number of aromatic carboxylic acids is 1. The van der Waals surface area contributed by atoms with E-state index in [1.54, 1.807) is 6.26 Å². The minimum absolute atomic E-state index is 0.0158. The molecule has 0 aliphatic rings. The number of rotatable bonds is 6. The average Bonchev–Trinajstić information content (AvgIpc) is 2.37. The first-order valence-electron chi connectivity index (χ1n) is 5.07. The van der Waals surface area contributed by atoms with Crippen LogP contribution < -0.4 is 0 Å². The number of alkyl halides is 1. The lowest BCUT2D eigenvalue weighted by atomic mass is 10.0. The third-order valence-corrected chi connectivity index (χ3v) is 3.05. The highest BCUT2D eigenvalue weighted by Gasteiger charge is 2.25. The molecule has 0 aliphatic carbocycles. The Kier molecular flexibility index (Phi) is 5.80. The van der Waals surface area contributed by atoms with Crippen LogP contribution in [-0.4, -0.2) is 49.5 Å². The Hall–Kier alpha value is -0.890. The summed E-state index contributed by atoms with van der Waals surface area (Å²) in [4.78, 5) is 18.7. The molecule has 0 spiro atoms. The molecule has 0 saturated heterocycles. The van der Waals surface area contributed by atoms with Crippen LogP contribution in [-0.2, 0) is 0 Å². The van der Waals surface area contributed by atoms with Gasteiger partial charge in [0, 0.05) is 17.6 Å². The molecule has 0 radical (unpaired) electrons. The van der Waals surface area contributed by atoms with Crippen molar-refractivity contribution in [1.82, 2.24) is 9.97 Å². The zero-order valence-electron chi connectivity index (χ0n) is 9.58. The van der Waals surface area contributed by atoms with Crippen molar-refractivity contribution in [2.24, 2.45) is 0 Å². The molecule has 2 atom stereocenters. The topological polar surface area (TPSA) is 104 Å². The minimum atomic E-state index is -1.37. The quantitative estimate of drug-likeness (QED) is 0.407. The number of hydrogen-bond acceptors (Lipinski definition) is 6. The SMILES string of the molecule is CSc1ncc(C(O)C(O)CCCl)c(C(=O)O)n1. The van der Waals surface area contributed by atoms with Crippen LogP contribution in [0.5, 0.6) is 0 Å². The smallest absolute Gasteiger partial charge is 0.355 e. The van der Waals surface area contributed by atoms with Crippen molar-refractivity contribution < 1.29 is 20.1 Å². The van der Waals surface area contributed by atoms with E-state index in [4.69, 9.17) is 16.7 Å². The van der Waals surface area contributed by atoms with Crippen molar-refractivity contribution >= 4 is 29.3 Å². The van der Waals surface area contributed by atoms with Crippen molar-refractivity contribution in [3.63, 3.8) is 0 Å². The van der Waals surface area contributed by atoms with E-state index in [9.17, 15) is 15.0 Å². The Balaban J connectivity index is 3.10. The summed E-state index contributed by atoms with van der Waals surface area (Å²) in [6.45, 7) is 0. The number of thioether (sulfide) groups is 1. The number of carboxylic acid groups (broad SMARTS) is 1. The summed E-state index contributed by atoms with van der Waals surface area (Å²) in [6, 6.07) is 0. The first-order chi connectivity index (χ1) is 8.51. The minimum Gasteiger partial charge on any atom is -0.476 e. The van der Waals surface area contributed by atoms with E-state index in [1.807, 2.05) is 0 Å². The van der Waals surface area contributed by atoms with Gasteiger partial charge in [-0.05, 0) is 12.7 Å². The maximum Gasteiger partial charge on any atom is 0.355 e. The molecule has 1 rings (SSSR count). The molecule has 6 nitrogen and oxygen atoms in total. The number of carbonyl (C=O) groups is 1. The van der Waals surface area contributed by atoms with Gasteiger partial charge >= 0.3 is 5.97 Å². The van der Waals surface area contributed by atoms with E-state index in [2.05, 4.69) is 9.97 Å². The van der Waals surface area contributed by atoms with Gasteiger partial charge in [-0.2, -0.15) is 0 Å². The van der Waals surface area contributed by atoms with Crippen LogP contribution >= 0.6 is 23.4 Å². The predicted octanol–water partition coefficient (Wildman–Crippen LogP) is 0.920. The number of nitrogens with zero attached hydrogens (tertiary/aromatic N) is 2. The van der Waals surface area contributed by atoms with Gasteiger partial charge in [0.15, 0.2) is 10.9 Å². The summed E-state index contributed by atoms with van der Waals surface area (Å²) in [5.41, 5.74) is -0.326. The number of aromatic nitrogens is 2. The molecule has 3 N–H and O–H groups in total. The van der Waals surface area contributed by atoms with E-state index in [1.165, 1.54) is 18.0 Å². The van der Waals surface area contributed by atoms with Crippen LogP contribution in [0.1, 0.15) is 28.6 Å². The van der Waals surface area contributed by atoms with Crippen molar-refractivity contribution in [1.29, 1.82) is 0 Å². The highest BCUT2D eigenvalue weighted by Crippen LogP contribution is 2.23. The van der Waals surface area contributed by atoms with Crippen LogP contribution in [0, 0.1) is 0 Å². The molecule has 0 fully saturated rings. The second-order valence-corrected chi connectivity index (χ2v) is 4.61. The van der Waals surface area contributed by atoms with Gasteiger partial charge in [0.1, 0.15) is 6.10 Å². The molecule has 0 aromatic carbocycles. The molecule has 100 valence electrons. The van der Waals surface area contributed by atoms with E-state index in [0.717, 1.165) is 0 Å². The van der Waals surface area contributed by atoms with Crippen molar-refractivity contribution in [2.45, 2.75) is 23.8 Å². The van der Waals surface area contributed by atoms with E-state index in [-0.39, 0.29) is 28.7 Å². The van der Waals surface area contributed by atoms with Gasteiger partial charge in [-0.3, -0.25) is 0 Å². The second-order valence-electron chi connectivity index (χ2n) is 3.46. The summed E-state index contributed by atoms with van der Waals surface area (Å²) >= 11 is 6.64. The summed E-state index contributed by atoms with van der Waals surface area (Å²) < 4.78 is 0. The van der Waals surface area contributed by atoms with Gasteiger partial charge in [-0.1, -0.05) is 11.8 Å². The number of carboxylic acids is 1. The van der Waals surface area contributed by atoms with Crippen molar-refractivity contribution in [3.8, 4) is 0 Å². The number of aliphatic hydroxyl groups excluding tert-OH is 2. The standard InChI is InChI=1S/C10H13ClN2O4S/c1-18-10-12-4-5(7(13-10)9(16)17)8(15)6(14)2-3-11/h4,6,8,14-15H,2-3H2,1H3,(H,16,17). The zero-order valence-corrected chi connectivity index (χ0v) is 11.1. The molecule has 18 heavy (non-hydrogen) atoms. The molecule has 1 aromatic rings. The lowest BCUT2D eigenvalue weighted by Crippen LogP contribution is -2.22. The Labute approximate surface area is 113 Å². The molecule has 1 aromatic heterocycles. The molecule has 1 heterocycles. The zero-order chi connectivity index (χ0) is 13.7. The maximum atomic E-state index is 11.1. The molecular formula is C10H13ClN2O4S. The molecule has 0 saturated carbocycles. The first kappa shape index (κ1) is 15.2. The Morgan fingerprint density at radius 3 is 2.72 bits per heavy atom. The van der Waals surface area contributed by atoms with E-state index in [0.29, 0.717) is 0 Å².